The third kappa shape index (κ3) is 1.79. The molecule has 2 aromatic rings. The summed E-state index contributed by atoms with van der Waals surface area (Å²) in [6, 6.07) is 5.94. The lowest BCUT2D eigenvalue weighted by Crippen LogP contribution is -1.96. The van der Waals surface area contributed by atoms with Crippen LogP contribution in [-0.4, -0.2) is 14.8 Å². The highest BCUT2D eigenvalue weighted by atomic mass is 15.3. The molecule has 1 saturated carbocycles. The van der Waals surface area contributed by atoms with E-state index in [0.29, 0.717) is 5.92 Å². The second-order valence-corrected chi connectivity index (χ2v) is 4.76. The number of nitrogens with two attached hydrogens (primary N) is 1. The molecule has 1 fully saturated rings. The van der Waals surface area contributed by atoms with Crippen molar-refractivity contribution >= 4 is 5.69 Å². The summed E-state index contributed by atoms with van der Waals surface area (Å²) >= 11 is 0. The van der Waals surface area contributed by atoms with Crippen LogP contribution in [0.25, 0.3) is 11.4 Å². The molecule has 0 atom stereocenters. The topological polar surface area (TPSA) is 56.7 Å². The molecule has 88 valence electrons. The van der Waals surface area contributed by atoms with E-state index < -0.39 is 0 Å². The molecule has 0 amide bonds. The summed E-state index contributed by atoms with van der Waals surface area (Å²) in [6.45, 7) is 2.00. The van der Waals surface area contributed by atoms with Crippen LogP contribution in [0.5, 0.6) is 0 Å². The first-order chi connectivity index (χ1) is 8.15. The second kappa shape index (κ2) is 3.58. The molecule has 2 N–H and O–H groups in total. The third-order valence-corrected chi connectivity index (χ3v) is 3.27. The molecule has 4 nitrogen and oxygen atoms in total. The Balaban J connectivity index is 2.02. The molecule has 0 radical (unpaired) electrons. The molecular weight excluding hydrogens is 212 g/mol. The zero-order chi connectivity index (χ0) is 12.0. The highest BCUT2D eigenvalue weighted by molar-refractivity contribution is 5.61. The summed E-state index contributed by atoms with van der Waals surface area (Å²) in [5.74, 6) is 2.53. The number of hydrogen-bond acceptors (Lipinski definition) is 3. The van der Waals surface area contributed by atoms with Crippen molar-refractivity contribution in [3.05, 3.63) is 29.6 Å². The normalized spacial score (nSPS) is 15.2. The van der Waals surface area contributed by atoms with Gasteiger partial charge in [-0.25, -0.2) is 4.98 Å². The van der Waals surface area contributed by atoms with Gasteiger partial charge in [-0.2, -0.15) is 5.10 Å². The fourth-order valence-electron chi connectivity index (χ4n) is 2.03. The number of aryl methyl sites for hydroxylation is 2. The van der Waals surface area contributed by atoms with E-state index in [-0.39, 0.29) is 0 Å². The van der Waals surface area contributed by atoms with Crippen LogP contribution in [0.4, 0.5) is 5.69 Å². The van der Waals surface area contributed by atoms with E-state index in [1.54, 1.807) is 0 Å². The number of nitrogens with zero attached hydrogens (tertiary/aromatic N) is 3. The maximum Gasteiger partial charge on any atom is 0.181 e. The Labute approximate surface area is 100 Å². The van der Waals surface area contributed by atoms with Crippen molar-refractivity contribution < 1.29 is 0 Å². The van der Waals surface area contributed by atoms with Crippen LogP contribution in [0, 0.1) is 6.92 Å². The Morgan fingerprint density at radius 3 is 2.76 bits per heavy atom. The van der Waals surface area contributed by atoms with Crippen LogP contribution >= 0.6 is 0 Å². The van der Waals surface area contributed by atoms with E-state index in [1.165, 1.54) is 12.8 Å². The van der Waals surface area contributed by atoms with Gasteiger partial charge in [0.25, 0.3) is 0 Å². The summed E-state index contributed by atoms with van der Waals surface area (Å²) < 4.78 is 1.90. The van der Waals surface area contributed by atoms with Crippen molar-refractivity contribution in [2.24, 2.45) is 7.05 Å². The Morgan fingerprint density at radius 2 is 2.12 bits per heavy atom. The lowest BCUT2D eigenvalue weighted by atomic mass is 10.1. The average molecular weight is 228 g/mol. The van der Waals surface area contributed by atoms with Crippen LogP contribution in [-0.2, 0) is 7.05 Å². The van der Waals surface area contributed by atoms with Crippen LogP contribution in [0.3, 0.4) is 0 Å². The van der Waals surface area contributed by atoms with Gasteiger partial charge in [0.1, 0.15) is 5.82 Å². The van der Waals surface area contributed by atoms with Crippen LogP contribution in [0.15, 0.2) is 18.2 Å². The van der Waals surface area contributed by atoms with Crippen molar-refractivity contribution in [2.45, 2.75) is 25.7 Å². The van der Waals surface area contributed by atoms with Gasteiger partial charge in [0.2, 0.25) is 0 Å². The maximum absolute atomic E-state index is 5.81. The van der Waals surface area contributed by atoms with Gasteiger partial charge in [0.15, 0.2) is 5.82 Å². The Hall–Kier alpha value is -1.84. The van der Waals surface area contributed by atoms with E-state index in [1.807, 2.05) is 36.9 Å². The summed E-state index contributed by atoms with van der Waals surface area (Å²) in [5.41, 5.74) is 8.74. The van der Waals surface area contributed by atoms with Gasteiger partial charge in [-0.3, -0.25) is 4.68 Å². The van der Waals surface area contributed by atoms with Crippen molar-refractivity contribution in [1.29, 1.82) is 0 Å². The van der Waals surface area contributed by atoms with E-state index in [0.717, 1.165) is 28.5 Å². The third-order valence-electron chi connectivity index (χ3n) is 3.27. The first kappa shape index (κ1) is 10.3. The summed E-state index contributed by atoms with van der Waals surface area (Å²) in [7, 11) is 1.97. The number of rotatable bonds is 2. The van der Waals surface area contributed by atoms with E-state index >= 15 is 0 Å². The largest absolute Gasteiger partial charge is 0.399 e. The minimum Gasteiger partial charge on any atom is -0.399 e. The molecular formula is C13H16N4. The van der Waals surface area contributed by atoms with Gasteiger partial charge in [-0.1, -0.05) is 0 Å². The molecule has 0 unspecified atom stereocenters. The first-order valence-corrected chi connectivity index (χ1v) is 5.92. The lowest BCUT2D eigenvalue weighted by molar-refractivity contribution is 0.705. The molecule has 1 heterocycles. The first-order valence-electron chi connectivity index (χ1n) is 5.92. The summed E-state index contributed by atoms with van der Waals surface area (Å²) in [6.07, 6.45) is 2.49. The van der Waals surface area contributed by atoms with Gasteiger partial charge in [-0.05, 0) is 43.5 Å². The molecule has 1 aliphatic rings. The molecule has 1 aliphatic carbocycles. The standard InChI is InChI=1S/C13H16N4/c1-8-7-10(5-6-11(8)14)12-15-13(9-3-4-9)17(2)16-12/h5-7,9H,3-4,14H2,1-2H3. The highest BCUT2D eigenvalue weighted by Crippen LogP contribution is 2.39. The summed E-state index contributed by atoms with van der Waals surface area (Å²) in [4.78, 5) is 4.62. The lowest BCUT2D eigenvalue weighted by Gasteiger charge is -2.01. The van der Waals surface area contributed by atoms with Crippen molar-refractivity contribution in [2.75, 3.05) is 5.73 Å². The fourth-order valence-corrected chi connectivity index (χ4v) is 2.03. The smallest absolute Gasteiger partial charge is 0.181 e. The van der Waals surface area contributed by atoms with Gasteiger partial charge in [0, 0.05) is 24.2 Å². The van der Waals surface area contributed by atoms with Crippen molar-refractivity contribution in [3.8, 4) is 11.4 Å². The quantitative estimate of drug-likeness (QED) is 0.802. The molecule has 1 aromatic carbocycles. The molecule has 4 heteroatoms. The minimum absolute atomic E-state index is 0.621. The number of benzene rings is 1. The van der Waals surface area contributed by atoms with Crippen molar-refractivity contribution in [1.82, 2.24) is 14.8 Å². The molecule has 0 aliphatic heterocycles. The number of aromatic nitrogens is 3. The number of anilines is 1. The predicted octanol–water partition coefficient (Wildman–Crippen LogP) is 2.25. The van der Waals surface area contributed by atoms with E-state index in [9.17, 15) is 0 Å². The highest BCUT2D eigenvalue weighted by Gasteiger charge is 2.29. The monoisotopic (exact) mass is 228 g/mol. The molecule has 0 spiro atoms. The fraction of sp³-hybridized carbons (Fsp3) is 0.385. The van der Waals surface area contributed by atoms with Crippen LogP contribution in [0.1, 0.15) is 30.1 Å². The van der Waals surface area contributed by atoms with Gasteiger partial charge >= 0.3 is 0 Å². The molecule has 1 aromatic heterocycles. The maximum atomic E-state index is 5.81. The second-order valence-electron chi connectivity index (χ2n) is 4.76. The van der Waals surface area contributed by atoms with Gasteiger partial charge < -0.3 is 5.73 Å². The SMILES string of the molecule is Cc1cc(-c2nc(C3CC3)n(C)n2)ccc1N. The predicted molar refractivity (Wildman–Crippen MR) is 67.6 cm³/mol. The van der Waals surface area contributed by atoms with E-state index in [4.69, 9.17) is 5.73 Å². The van der Waals surface area contributed by atoms with Crippen LogP contribution in [0.2, 0.25) is 0 Å². The molecule has 3 rings (SSSR count). The Kier molecular flexibility index (Phi) is 2.18. The Bertz CT molecular complexity index is 567. The van der Waals surface area contributed by atoms with Gasteiger partial charge in [0.05, 0.1) is 0 Å². The van der Waals surface area contributed by atoms with Crippen molar-refractivity contribution in [3.63, 3.8) is 0 Å². The molecule has 17 heavy (non-hydrogen) atoms. The zero-order valence-corrected chi connectivity index (χ0v) is 10.1. The van der Waals surface area contributed by atoms with E-state index in [2.05, 4.69) is 10.1 Å². The molecule has 0 bridgehead atoms. The minimum atomic E-state index is 0.621. The zero-order valence-electron chi connectivity index (χ0n) is 10.1. The molecule has 0 saturated heterocycles. The summed E-state index contributed by atoms with van der Waals surface area (Å²) in [5, 5.41) is 4.48. The number of hydrogen-bond donors (Lipinski definition) is 1. The van der Waals surface area contributed by atoms with Crippen LogP contribution < -0.4 is 5.73 Å². The average Bonchev–Trinajstić information content (AvgIpc) is 3.06. The number of nitrogen functional groups attached to an aromatic ring is 1. The van der Waals surface area contributed by atoms with Gasteiger partial charge in [-0.15, -0.1) is 0 Å². The Morgan fingerprint density at radius 1 is 1.35 bits per heavy atom.